The molecule has 21 heavy (non-hydrogen) atoms. The Kier molecular flexibility index (Phi) is 5.14. The van der Waals surface area contributed by atoms with Crippen molar-refractivity contribution in [2.45, 2.75) is 20.3 Å². The van der Waals surface area contributed by atoms with Crippen LogP contribution in [0.1, 0.15) is 20.3 Å². The van der Waals surface area contributed by atoms with Crippen LogP contribution in [0.5, 0.6) is 23.5 Å². The maximum atomic E-state index is 5.63. The Morgan fingerprint density at radius 1 is 0.952 bits per heavy atom. The van der Waals surface area contributed by atoms with Crippen molar-refractivity contribution >= 4 is 5.95 Å². The Bertz CT molecular complexity index is 592. The smallest absolute Gasteiger partial charge is 0.330 e. The van der Waals surface area contributed by atoms with Gasteiger partial charge in [0.1, 0.15) is 0 Å². The predicted octanol–water partition coefficient (Wildman–Crippen LogP) is 2.43. The van der Waals surface area contributed by atoms with Crippen LogP contribution < -0.4 is 19.9 Å². The molecule has 0 amide bonds. The van der Waals surface area contributed by atoms with E-state index < -0.39 is 0 Å². The van der Waals surface area contributed by atoms with Crippen LogP contribution in [0.2, 0.25) is 0 Å². The molecule has 0 aliphatic carbocycles. The van der Waals surface area contributed by atoms with E-state index in [0.29, 0.717) is 24.7 Å². The second-order valence-electron chi connectivity index (χ2n) is 4.09. The van der Waals surface area contributed by atoms with Crippen LogP contribution in [-0.4, -0.2) is 28.2 Å². The molecule has 0 atom stereocenters. The van der Waals surface area contributed by atoms with Gasteiger partial charge in [-0.05, 0) is 25.5 Å². The van der Waals surface area contributed by atoms with Crippen molar-refractivity contribution in [1.82, 2.24) is 15.0 Å². The van der Waals surface area contributed by atoms with Crippen LogP contribution in [0, 0.1) is 0 Å². The Hall–Kier alpha value is -2.57. The molecule has 2 rings (SSSR count). The van der Waals surface area contributed by atoms with Gasteiger partial charge in [-0.2, -0.15) is 9.97 Å². The second-order valence-corrected chi connectivity index (χ2v) is 4.09. The van der Waals surface area contributed by atoms with Gasteiger partial charge < -0.3 is 19.9 Å². The average Bonchev–Trinajstić information content (AvgIpc) is 2.47. The number of rotatable bonds is 7. The minimum Gasteiger partial charge on any atom is -0.490 e. The quantitative estimate of drug-likeness (QED) is 0.837. The fraction of sp³-hybridized carbons (Fsp3) is 0.357. The second kappa shape index (κ2) is 7.28. The van der Waals surface area contributed by atoms with Crippen molar-refractivity contribution in [1.29, 1.82) is 0 Å². The van der Waals surface area contributed by atoms with Crippen molar-refractivity contribution in [3.8, 4) is 23.5 Å². The molecule has 7 nitrogen and oxygen atoms in total. The number of hydrogen-bond donors (Lipinski definition) is 1. The SMILES string of the molecule is CCCOc1nc(N)nc(Oc2ccccc2OCC)n1. The maximum absolute atomic E-state index is 5.63. The summed E-state index contributed by atoms with van der Waals surface area (Å²) < 4.78 is 16.4. The highest BCUT2D eigenvalue weighted by molar-refractivity contribution is 5.41. The molecule has 1 aromatic heterocycles. The van der Waals surface area contributed by atoms with Crippen LogP contribution in [0.25, 0.3) is 0 Å². The van der Waals surface area contributed by atoms with Gasteiger partial charge in [-0.3, -0.25) is 0 Å². The number of nitrogen functional groups attached to an aromatic ring is 1. The molecule has 0 bridgehead atoms. The number of ether oxygens (including phenoxy) is 3. The summed E-state index contributed by atoms with van der Waals surface area (Å²) >= 11 is 0. The van der Waals surface area contributed by atoms with Gasteiger partial charge >= 0.3 is 12.0 Å². The highest BCUT2D eigenvalue weighted by Gasteiger charge is 2.10. The van der Waals surface area contributed by atoms with Gasteiger partial charge in [0.2, 0.25) is 5.95 Å². The Balaban J connectivity index is 2.21. The summed E-state index contributed by atoms with van der Waals surface area (Å²) in [4.78, 5) is 11.9. The monoisotopic (exact) mass is 290 g/mol. The lowest BCUT2D eigenvalue weighted by Crippen LogP contribution is -2.06. The fourth-order valence-corrected chi connectivity index (χ4v) is 1.56. The molecule has 0 saturated heterocycles. The average molecular weight is 290 g/mol. The topological polar surface area (TPSA) is 92.4 Å². The first-order valence-electron chi connectivity index (χ1n) is 6.77. The Labute approximate surface area is 123 Å². The van der Waals surface area contributed by atoms with Gasteiger partial charge in [-0.25, -0.2) is 0 Å². The third-order valence-electron chi connectivity index (χ3n) is 2.40. The van der Waals surface area contributed by atoms with Crippen LogP contribution in [0.3, 0.4) is 0 Å². The summed E-state index contributed by atoms with van der Waals surface area (Å²) in [5, 5.41) is 0. The standard InChI is InChI=1S/C14H18N4O3/c1-3-9-20-13-16-12(15)17-14(18-13)21-11-8-6-5-7-10(11)19-4-2/h5-8H,3-4,9H2,1-2H3,(H2,15,16,17,18). The summed E-state index contributed by atoms with van der Waals surface area (Å²) in [5.41, 5.74) is 5.63. The molecular weight excluding hydrogens is 272 g/mol. The van der Waals surface area contributed by atoms with Gasteiger partial charge in [-0.15, -0.1) is 4.98 Å². The molecule has 1 heterocycles. The van der Waals surface area contributed by atoms with E-state index in [2.05, 4.69) is 15.0 Å². The van der Waals surface area contributed by atoms with E-state index in [1.165, 1.54) is 0 Å². The van der Waals surface area contributed by atoms with Crippen molar-refractivity contribution in [2.24, 2.45) is 0 Å². The predicted molar refractivity (Wildman–Crippen MR) is 77.7 cm³/mol. The Morgan fingerprint density at radius 2 is 1.67 bits per heavy atom. The number of hydrogen-bond acceptors (Lipinski definition) is 7. The molecule has 0 fully saturated rings. The lowest BCUT2D eigenvalue weighted by atomic mass is 10.3. The molecule has 1 aromatic carbocycles. The van der Waals surface area contributed by atoms with Crippen LogP contribution in [0.15, 0.2) is 24.3 Å². The number of nitrogens with two attached hydrogens (primary N) is 1. The number of aromatic nitrogens is 3. The number of nitrogens with zero attached hydrogens (tertiary/aromatic N) is 3. The first-order valence-corrected chi connectivity index (χ1v) is 6.77. The van der Waals surface area contributed by atoms with E-state index in [-0.39, 0.29) is 18.0 Å². The summed E-state index contributed by atoms with van der Waals surface area (Å²) in [6.45, 7) is 4.91. The third kappa shape index (κ3) is 4.20. The minimum atomic E-state index is 0.0417. The van der Waals surface area contributed by atoms with Crippen molar-refractivity contribution in [3.05, 3.63) is 24.3 Å². The fourth-order valence-electron chi connectivity index (χ4n) is 1.56. The van der Waals surface area contributed by atoms with Crippen molar-refractivity contribution < 1.29 is 14.2 Å². The molecule has 0 aliphatic heterocycles. The van der Waals surface area contributed by atoms with Crippen LogP contribution in [-0.2, 0) is 0 Å². The van der Waals surface area contributed by atoms with E-state index in [9.17, 15) is 0 Å². The molecular formula is C14H18N4O3. The summed E-state index contributed by atoms with van der Waals surface area (Å²) in [6.07, 6.45) is 0.842. The minimum absolute atomic E-state index is 0.0417. The van der Waals surface area contributed by atoms with Gasteiger partial charge in [-0.1, -0.05) is 19.1 Å². The van der Waals surface area contributed by atoms with Crippen LogP contribution >= 0.6 is 0 Å². The van der Waals surface area contributed by atoms with Gasteiger partial charge in [0.05, 0.1) is 13.2 Å². The van der Waals surface area contributed by atoms with Gasteiger partial charge in [0.15, 0.2) is 11.5 Å². The van der Waals surface area contributed by atoms with Crippen molar-refractivity contribution in [3.63, 3.8) is 0 Å². The molecule has 0 unspecified atom stereocenters. The zero-order valence-electron chi connectivity index (χ0n) is 12.1. The highest BCUT2D eigenvalue weighted by atomic mass is 16.5. The van der Waals surface area contributed by atoms with E-state index in [0.717, 1.165) is 6.42 Å². The molecule has 2 aromatic rings. The molecule has 0 spiro atoms. The summed E-state index contributed by atoms with van der Waals surface area (Å²) in [6, 6.07) is 7.47. The van der Waals surface area contributed by atoms with E-state index in [1.54, 1.807) is 12.1 Å². The first-order chi connectivity index (χ1) is 10.2. The normalized spacial score (nSPS) is 10.2. The first kappa shape index (κ1) is 14.8. The van der Waals surface area contributed by atoms with Crippen LogP contribution in [0.4, 0.5) is 5.95 Å². The molecule has 0 saturated carbocycles. The zero-order chi connectivity index (χ0) is 15.1. The van der Waals surface area contributed by atoms with Crippen molar-refractivity contribution in [2.75, 3.05) is 18.9 Å². The number of benzene rings is 1. The zero-order valence-corrected chi connectivity index (χ0v) is 12.1. The summed E-state index contributed by atoms with van der Waals surface area (Å²) in [5.74, 6) is 1.15. The number of anilines is 1. The lowest BCUT2D eigenvalue weighted by molar-refractivity contribution is 0.282. The molecule has 112 valence electrons. The lowest BCUT2D eigenvalue weighted by Gasteiger charge is -2.10. The largest absolute Gasteiger partial charge is 0.490 e. The van der Waals surface area contributed by atoms with E-state index in [1.807, 2.05) is 26.0 Å². The van der Waals surface area contributed by atoms with Gasteiger partial charge in [0.25, 0.3) is 0 Å². The van der Waals surface area contributed by atoms with E-state index >= 15 is 0 Å². The Morgan fingerprint density at radius 3 is 2.38 bits per heavy atom. The van der Waals surface area contributed by atoms with E-state index in [4.69, 9.17) is 19.9 Å². The molecule has 0 aliphatic rings. The van der Waals surface area contributed by atoms with Gasteiger partial charge in [0, 0.05) is 0 Å². The maximum Gasteiger partial charge on any atom is 0.330 e. The highest BCUT2D eigenvalue weighted by Crippen LogP contribution is 2.30. The third-order valence-corrected chi connectivity index (χ3v) is 2.40. The molecule has 2 N–H and O–H groups in total. The number of para-hydroxylation sites is 2. The molecule has 0 radical (unpaired) electrons. The molecule has 7 heteroatoms. The summed E-state index contributed by atoms with van der Waals surface area (Å²) in [7, 11) is 0.